The number of anilines is 1. The molecule has 5 heteroatoms. The number of rotatable bonds is 2. The molecule has 0 aliphatic heterocycles. The number of hydrogen-bond acceptors (Lipinski definition) is 4. The van der Waals surface area contributed by atoms with Crippen LogP contribution in [0.25, 0.3) is 0 Å². The van der Waals surface area contributed by atoms with Gasteiger partial charge < -0.3 is 5.73 Å². The van der Waals surface area contributed by atoms with Gasteiger partial charge in [0.05, 0.1) is 0 Å². The molecule has 3 nitrogen and oxygen atoms in total. The molecule has 0 unspecified atom stereocenters. The maximum Gasteiger partial charge on any atom is 0.156 e. The van der Waals surface area contributed by atoms with Crippen molar-refractivity contribution in [3.63, 3.8) is 0 Å². The Labute approximate surface area is 100 Å². The lowest BCUT2D eigenvalue weighted by Gasteiger charge is -2.02. The summed E-state index contributed by atoms with van der Waals surface area (Å²) in [6.07, 6.45) is 3.22. The molecule has 0 bridgehead atoms. The molecule has 0 saturated heterocycles. The van der Waals surface area contributed by atoms with Crippen molar-refractivity contribution in [2.24, 2.45) is 0 Å². The standard InChI is InChI=1S/C10H8BrN3S/c11-7-1-3-8(4-2-7)15-10-9(12)13-5-6-14-10/h1-6H,(H2,12,13). The van der Waals surface area contributed by atoms with Crippen LogP contribution in [0.1, 0.15) is 0 Å². The fourth-order valence-corrected chi connectivity index (χ4v) is 2.06. The lowest BCUT2D eigenvalue weighted by Crippen LogP contribution is -1.94. The van der Waals surface area contributed by atoms with Crippen LogP contribution < -0.4 is 5.73 Å². The first-order valence-corrected chi connectivity index (χ1v) is 5.86. The summed E-state index contributed by atoms with van der Waals surface area (Å²) in [4.78, 5) is 9.23. The summed E-state index contributed by atoms with van der Waals surface area (Å²) in [6, 6.07) is 7.97. The van der Waals surface area contributed by atoms with Crippen LogP contribution in [0.3, 0.4) is 0 Å². The molecule has 1 aromatic heterocycles. The smallest absolute Gasteiger partial charge is 0.156 e. The van der Waals surface area contributed by atoms with Crippen LogP contribution in [0.5, 0.6) is 0 Å². The molecular weight excluding hydrogens is 274 g/mol. The maximum absolute atomic E-state index is 5.69. The highest BCUT2D eigenvalue weighted by Crippen LogP contribution is 2.29. The predicted octanol–water partition coefficient (Wildman–Crippen LogP) is 2.97. The summed E-state index contributed by atoms with van der Waals surface area (Å²) in [5, 5.41) is 0.736. The summed E-state index contributed by atoms with van der Waals surface area (Å²) < 4.78 is 1.05. The topological polar surface area (TPSA) is 51.8 Å². The molecule has 15 heavy (non-hydrogen) atoms. The van der Waals surface area contributed by atoms with E-state index in [0.717, 1.165) is 14.4 Å². The predicted molar refractivity (Wildman–Crippen MR) is 64.7 cm³/mol. The average Bonchev–Trinajstić information content (AvgIpc) is 2.25. The first-order chi connectivity index (χ1) is 7.25. The van der Waals surface area contributed by atoms with E-state index in [1.54, 1.807) is 12.4 Å². The van der Waals surface area contributed by atoms with Gasteiger partial charge in [-0.25, -0.2) is 9.97 Å². The molecule has 0 aliphatic carbocycles. The minimum atomic E-state index is 0.463. The van der Waals surface area contributed by atoms with Crippen LogP contribution in [-0.2, 0) is 0 Å². The number of hydrogen-bond donors (Lipinski definition) is 1. The van der Waals surface area contributed by atoms with E-state index in [1.165, 1.54) is 11.8 Å². The van der Waals surface area contributed by atoms with E-state index in [0.29, 0.717) is 5.82 Å². The molecule has 0 radical (unpaired) electrons. The highest BCUT2D eigenvalue weighted by atomic mass is 79.9. The van der Waals surface area contributed by atoms with Crippen molar-refractivity contribution >= 4 is 33.5 Å². The number of halogens is 1. The third kappa shape index (κ3) is 2.70. The van der Waals surface area contributed by atoms with Crippen molar-refractivity contribution in [3.8, 4) is 0 Å². The zero-order valence-electron chi connectivity index (χ0n) is 7.72. The molecule has 0 spiro atoms. The van der Waals surface area contributed by atoms with Crippen LogP contribution >= 0.6 is 27.7 Å². The minimum absolute atomic E-state index is 0.463. The van der Waals surface area contributed by atoms with Crippen LogP contribution in [0.4, 0.5) is 5.82 Å². The van der Waals surface area contributed by atoms with Crippen LogP contribution in [0.2, 0.25) is 0 Å². The average molecular weight is 282 g/mol. The van der Waals surface area contributed by atoms with Gasteiger partial charge in [-0.05, 0) is 24.3 Å². The first-order valence-electron chi connectivity index (χ1n) is 4.25. The molecule has 76 valence electrons. The highest BCUT2D eigenvalue weighted by Gasteiger charge is 2.03. The monoisotopic (exact) mass is 281 g/mol. The van der Waals surface area contributed by atoms with Gasteiger partial charge in [0.1, 0.15) is 5.03 Å². The largest absolute Gasteiger partial charge is 0.381 e. The Kier molecular flexibility index (Phi) is 3.23. The number of nitrogen functional groups attached to an aromatic ring is 1. The summed E-state index contributed by atoms with van der Waals surface area (Å²) in [5.74, 6) is 0.463. The normalized spacial score (nSPS) is 10.2. The zero-order valence-corrected chi connectivity index (χ0v) is 10.1. The van der Waals surface area contributed by atoms with Crippen molar-refractivity contribution in [3.05, 3.63) is 41.1 Å². The third-order valence-corrected chi connectivity index (χ3v) is 3.26. The molecule has 0 saturated carbocycles. The Hall–Kier alpha value is -1.07. The second kappa shape index (κ2) is 4.63. The Balaban J connectivity index is 2.22. The SMILES string of the molecule is Nc1nccnc1Sc1ccc(Br)cc1. The molecule has 0 atom stereocenters. The van der Waals surface area contributed by atoms with Gasteiger partial charge in [-0.2, -0.15) is 0 Å². The van der Waals surface area contributed by atoms with E-state index in [9.17, 15) is 0 Å². The second-order valence-corrected chi connectivity index (χ2v) is 4.78. The van der Waals surface area contributed by atoms with Gasteiger partial charge in [0.25, 0.3) is 0 Å². The molecule has 1 aromatic carbocycles. The highest BCUT2D eigenvalue weighted by molar-refractivity contribution is 9.10. The molecular formula is C10H8BrN3S. The van der Waals surface area contributed by atoms with Crippen LogP contribution in [0, 0.1) is 0 Å². The fourth-order valence-electron chi connectivity index (χ4n) is 1.03. The zero-order chi connectivity index (χ0) is 10.7. The Bertz CT molecular complexity index is 458. The fraction of sp³-hybridized carbons (Fsp3) is 0. The number of aromatic nitrogens is 2. The van der Waals surface area contributed by atoms with Crippen molar-refractivity contribution < 1.29 is 0 Å². The van der Waals surface area contributed by atoms with Gasteiger partial charge in [-0.3, -0.25) is 0 Å². The van der Waals surface area contributed by atoms with Gasteiger partial charge in [0.2, 0.25) is 0 Å². The quantitative estimate of drug-likeness (QED) is 0.920. The van der Waals surface area contributed by atoms with Crippen LogP contribution in [-0.4, -0.2) is 9.97 Å². The Morgan fingerprint density at radius 1 is 1.07 bits per heavy atom. The van der Waals surface area contributed by atoms with E-state index in [1.807, 2.05) is 24.3 Å². The van der Waals surface area contributed by atoms with Gasteiger partial charge in [0.15, 0.2) is 5.82 Å². The summed E-state index contributed by atoms with van der Waals surface area (Å²) in [6.45, 7) is 0. The third-order valence-electron chi connectivity index (χ3n) is 1.72. The molecule has 1 heterocycles. The van der Waals surface area contributed by atoms with E-state index in [-0.39, 0.29) is 0 Å². The van der Waals surface area contributed by atoms with Crippen molar-refractivity contribution in [1.82, 2.24) is 9.97 Å². The molecule has 0 aliphatic rings. The van der Waals surface area contributed by atoms with E-state index < -0.39 is 0 Å². The maximum atomic E-state index is 5.69. The minimum Gasteiger partial charge on any atom is -0.381 e. The van der Waals surface area contributed by atoms with Crippen molar-refractivity contribution in [2.45, 2.75) is 9.92 Å². The van der Waals surface area contributed by atoms with Crippen LogP contribution in [0.15, 0.2) is 51.1 Å². The summed E-state index contributed by atoms with van der Waals surface area (Å²) in [5.41, 5.74) is 5.69. The summed E-state index contributed by atoms with van der Waals surface area (Å²) in [7, 11) is 0. The Morgan fingerprint density at radius 3 is 2.40 bits per heavy atom. The summed E-state index contributed by atoms with van der Waals surface area (Å²) >= 11 is 4.89. The number of benzene rings is 1. The van der Waals surface area contributed by atoms with E-state index >= 15 is 0 Å². The Morgan fingerprint density at radius 2 is 1.73 bits per heavy atom. The van der Waals surface area contributed by atoms with Gasteiger partial charge in [-0.15, -0.1) is 0 Å². The van der Waals surface area contributed by atoms with Crippen molar-refractivity contribution in [2.75, 3.05) is 5.73 Å². The molecule has 0 fully saturated rings. The van der Waals surface area contributed by atoms with Gasteiger partial charge >= 0.3 is 0 Å². The van der Waals surface area contributed by atoms with E-state index in [4.69, 9.17) is 5.73 Å². The molecule has 2 N–H and O–H groups in total. The number of nitrogens with zero attached hydrogens (tertiary/aromatic N) is 2. The van der Waals surface area contributed by atoms with E-state index in [2.05, 4.69) is 25.9 Å². The van der Waals surface area contributed by atoms with Gasteiger partial charge in [-0.1, -0.05) is 27.7 Å². The molecule has 0 amide bonds. The second-order valence-electron chi connectivity index (χ2n) is 2.80. The lowest BCUT2D eigenvalue weighted by molar-refractivity contribution is 1.07. The van der Waals surface area contributed by atoms with Gasteiger partial charge in [0, 0.05) is 21.8 Å². The first kappa shape index (κ1) is 10.4. The molecule has 2 rings (SSSR count). The number of nitrogens with two attached hydrogens (primary N) is 1. The molecule has 2 aromatic rings. The lowest BCUT2D eigenvalue weighted by atomic mass is 10.4. The van der Waals surface area contributed by atoms with Crippen molar-refractivity contribution in [1.29, 1.82) is 0 Å².